The fourth-order valence-electron chi connectivity index (χ4n) is 4.26. The maximum absolute atomic E-state index is 13.7. The number of aryl methyl sites for hydroxylation is 1. The summed E-state index contributed by atoms with van der Waals surface area (Å²) in [5, 5.41) is 0.516. The number of piperidine rings is 1. The van der Waals surface area contributed by atoms with E-state index in [1.807, 2.05) is 42.2 Å². The highest BCUT2D eigenvalue weighted by Gasteiger charge is 2.38. The molecule has 33 heavy (non-hydrogen) atoms. The van der Waals surface area contributed by atoms with Crippen molar-refractivity contribution in [1.82, 2.24) is 9.88 Å². The number of esters is 1. The van der Waals surface area contributed by atoms with E-state index in [1.165, 1.54) is 11.3 Å². The van der Waals surface area contributed by atoms with Crippen LogP contribution < -0.4 is 4.90 Å². The molecule has 0 bridgehead atoms. The van der Waals surface area contributed by atoms with Gasteiger partial charge in [-0.25, -0.2) is 9.78 Å². The summed E-state index contributed by atoms with van der Waals surface area (Å²) >= 11 is 1.34. The molecular formula is C25H31N3O4S. The van der Waals surface area contributed by atoms with E-state index in [4.69, 9.17) is 4.74 Å². The number of benzene rings is 1. The van der Waals surface area contributed by atoms with Gasteiger partial charge in [0.2, 0.25) is 11.8 Å². The van der Waals surface area contributed by atoms with Gasteiger partial charge in [0, 0.05) is 30.4 Å². The summed E-state index contributed by atoms with van der Waals surface area (Å²) in [4.78, 5) is 47.5. The summed E-state index contributed by atoms with van der Waals surface area (Å²) in [7, 11) is 0. The molecule has 1 aromatic heterocycles. The number of likely N-dealkylation sites (tertiary alicyclic amines) is 1. The number of ether oxygens (including phenoxy) is 1. The van der Waals surface area contributed by atoms with Crippen LogP contribution in [0.2, 0.25) is 0 Å². The monoisotopic (exact) mass is 469 g/mol. The molecule has 1 aliphatic heterocycles. The van der Waals surface area contributed by atoms with E-state index in [9.17, 15) is 14.4 Å². The fourth-order valence-corrected chi connectivity index (χ4v) is 5.19. The first-order chi connectivity index (χ1) is 16.0. The summed E-state index contributed by atoms with van der Waals surface area (Å²) in [5.74, 6) is -0.400. The molecular weight excluding hydrogens is 438 g/mol. The largest absolute Gasteiger partial charge is 0.461 e. The molecule has 176 valence electrons. The lowest BCUT2D eigenvalue weighted by Crippen LogP contribution is -2.47. The maximum Gasteiger partial charge on any atom is 0.358 e. The van der Waals surface area contributed by atoms with Crippen LogP contribution in [-0.4, -0.2) is 53.9 Å². The molecule has 0 unspecified atom stereocenters. The van der Waals surface area contributed by atoms with Crippen molar-refractivity contribution in [3.8, 4) is 0 Å². The number of carbonyl (C=O) groups excluding carboxylic acids is 3. The van der Waals surface area contributed by atoms with Crippen LogP contribution >= 0.6 is 11.3 Å². The van der Waals surface area contributed by atoms with E-state index in [0.717, 1.165) is 42.7 Å². The molecule has 0 spiro atoms. The predicted molar refractivity (Wildman–Crippen MR) is 127 cm³/mol. The zero-order chi connectivity index (χ0) is 23.4. The Bertz CT molecular complexity index is 1000. The summed E-state index contributed by atoms with van der Waals surface area (Å²) < 4.78 is 5.13. The average molecular weight is 470 g/mol. The fraction of sp³-hybridized carbons (Fsp3) is 0.520. The van der Waals surface area contributed by atoms with Crippen molar-refractivity contribution in [1.29, 1.82) is 0 Å². The predicted octanol–water partition coefficient (Wildman–Crippen LogP) is 3.85. The Morgan fingerprint density at radius 3 is 2.61 bits per heavy atom. The zero-order valence-electron chi connectivity index (χ0n) is 19.3. The molecule has 8 heteroatoms. The number of hydrogen-bond acceptors (Lipinski definition) is 6. The number of amides is 2. The highest BCUT2D eigenvalue weighted by Crippen LogP contribution is 2.34. The Labute approximate surface area is 198 Å². The molecule has 2 aromatic rings. The van der Waals surface area contributed by atoms with Gasteiger partial charge < -0.3 is 9.64 Å². The minimum atomic E-state index is -0.466. The lowest BCUT2D eigenvalue weighted by molar-refractivity contribution is -0.136. The molecule has 7 nitrogen and oxygen atoms in total. The van der Waals surface area contributed by atoms with Gasteiger partial charge in [0.25, 0.3) is 0 Å². The number of aromatic nitrogens is 1. The third-order valence-electron chi connectivity index (χ3n) is 6.23. The number of anilines is 1. The van der Waals surface area contributed by atoms with Crippen LogP contribution in [0.4, 0.5) is 5.13 Å². The Hall–Kier alpha value is -2.74. The van der Waals surface area contributed by atoms with Crippen LogP contribution in [0, 0.1) is 18.8 Å². The summed E-state index contributed by atoms with van der Waals surface area (Å²) in [5.41, 5.74) is 1.40. The second-order valence-electron chi connectivity index (χ2n) is 8.74. The van der Waals surface area contributed by atoms with Gasteiger partial charge in [-0.1, -0.05) is 30.3 Å². The van der Waals surface area contributed by atoms with E-state index < -0.39 is 5.97 Å². The number of rotatable bonds is 8. The third kappa shape index (κ3) is 5.61. The van der Waals surface area contributed by atoms with E-state index in [-0.39, 0.29) is 36.0 Å². The highest BCUT2D eigenvalue weighted by atomic mass is 32.1. The second-order valence-corrected chi connectivity index (χ2v) is 9.93. The van der Waals surface area contributed by atoms with E-state index >= 15 is 0 Å². The van der Waals surface area contributed by atoms with Crippen LogP contribution in [0.1, 0.15) is 53.5 Å². The van der Waals surface area contributed by atoms with Gasteiger partial charge in [0.15, 0.2) is 10.8 Å². The molecule has 1 aliphatic carbocycles. The standard InChI is InChI=1S/C25H31N3O4S/c1-3-32-24(31)21-17(2)33-25(26-21)28(15-13-18-8-5-4-6-9-18)23(30)20-10-7-14-27(16-20)22(29)19-11-12-19/h4-6,8-9,19-20H,3,7,10-16H2,1-2H3/t20-/m1/s1. The van der Waals surface area contributed by atoms with E-state index in [1.54, 1.807) is 11.8 Å². The maximum atomic E-state index is 13.7. The first-order valence-electron chi connectivity index (χ1n) is 11.8. The molecule has 0 radical (unpaired) electrons. The van der Waals surface area contributed by atoms with Crippen molar-refractivity contribution in [2.45, 2.75) is 46.0 Å². The smallest absolute Gasteiger partial charge is 0.358 e. The van der Waals surface area contributed by atoms with Gasteiger partial charge in [-0.15, -0.1) is 11.3 Å². The van der Waals surface area contributed by atoms with E-state index in [0.29, 0.717) is 24.6 Å². The first-order valence-corrected chi connectivity index (χ1v) is 12.6. The van der Waals surface area contributed by atoms with Crippen LogP contribution in [0.25, 0.3) is 0 Å². The average Bonchev–Trinajstić information content (AvgIpc) is 3.61. The van der Waals surface area contributed by atoms with Gasteiger partial charge in [-0.05, 0) is 51.5 Å². The molecule has 2 aliphatic rings. The molecule has 1 aromatic carbocycles. The molecule has 4 rings (SSSR count). The molecule has 1 atom stereocenters. The molecule has 1 saturated heterocycles. The lowest BCUT2D eigenvalue weighted by atomic mass is 9.96. The number of thiazole rings is 1. The van der Waals surface area contributed by atoms with Crippen LogP contribution in [0.3, 0.4) is 0 Å². The summed E-state index contributed by atoms with van der Waals surface area (Å²) in [6.07, 6.45) is 4.19. The topological polar surface area (TPSA) is 79.8 Å². The molecule has 0 N–H and O–H groups in total. The highest BCUT2D eigenvalue weighted by molar-refractivity contribution is 7.16. The third-order valence-corrected chi connectivity index (χ3v) is 7.22. The normalized spacial score (nSPS) is 18.1. The lowest BCUT2D eigenvalue weighted by Gasteiger charge is -2.34. The minimum absolute atomic E-state index is 0.0246. The molecule has 1 saturated carbocycles. The zero-order valence-corrected chi connectivity index (χ0v) is 20.1. The van der Waals surface area contributed by atoms with Crippen molar-refractivity contribution in [3.63, 3.8) is 0 Å². The quantitative estimate of drug-likeness (QED) is 0.549. The summed E-state index contributed by atoms with van der Waals surface area (Å²) in [6, 6.07) is 10.0. The van der Waals surface area contributed by atoms with E-state index in [2.05, 4.69) is 4.98 Å². The number of carbonyl (C=O) groups is 3. The van der Waals surface area contributed by atoms with Crippen molar-refractivity contribution >= 4 is 34.3 Å². The van der Waals surface area contributed by atoms with Gasteiger partial charge in [-0.2, -0.15) is 0 Å². The first kappa shape index (κ1) is 23.4. The number of nitrogens with zero attached hydrogens (tertiary/aromatic N) is 3. The van der Waals surface area contributed by atoms with Gasteiger partial charge in [-0.3, -0.25) is 14.5 Å². The van der Waals surface area contributed by atoms with Crippen LogP contribution in [-0.2, 0) is 20.7 Å². The number of hydrogen-bond donors (Lipinski definition) is 0. The second kappa shape index (κ2) is 10.5. The van der Waals surface area contributed by atoms with Crippen molar-refractivity contribution in [3.05, 3.63) is 46.5 Å². The Kier molecular flexibility index (Phi) is 7.42. The molecule has 2 fully saturated rings. The SMILES string of the molecule is CCOC(=O)c1nc(N(CCc2ccccc2)C(=O)[C@@H]2CCCN(C(=O)C3CC3)C2)sc1C. The van der Waals surface area contributed by atoms with Gasteiger partial charge in [0.05, 0.1) is 12.5 Å². The van der Waals surface area contributed by atoms with Gasteiger partial charge in [0.1, 0.15) is 0 Å². The Morgan fingerprint density at radius 1 is 1.15 bits per heavy atom. The van der Waals surface area contributed by atoms with Gasteiger partial charge >= 0.3 is 5.97 Å². The van der Waals surface area contributed by atoms with Crippen molar-refractivity contribution < 1.29 is 19.1 Å². The van der Waals surface area contributed by atoms with Crippen molar-refractivity contribution in [2.75, 3.05) is 31.1 Å². The van der Waals surface area contributed by atoms with Crippen molar-refractivity contribution in [2.24, 2.45) is 11.8 Å². The Balaban J connectivity index is 1.55. The molecule has 2 heterocycles. The Morgan fingerprint density at radius 2 is 1.91 bits per heavy atom. The van der Waals surface area contributed by atoms with Crippen LogP contribution in [0.5, 0.6) is 0 Å². The minimum Gasteiger partial charge on any atom is -0.461 e. The van der Waals surface area contributed by atoms with Crippen LogP contribution in [0.15, 0.2) is 30.3 Å². The molecule has 2 amide bonds. The summed E-state index contributed by atoms with van der Waals surface area (Å²) in [6.45, 7) is 5.51.